The molecule has 1 rings (SSSR count). The lowest BCUT2D eigenvalue weighted by Crippen LogP contribution is -3.05. The Balaban J connectivity index is 2.96. The summed E-state index contributed by atoms with van der Waals surface area (Å²) in [6.45, 7) is 2.56. The van der Waals surface area contributed by atoms with E-state index in [4.69, 9.17) is 11.6 Å². The third-order valence-electron chi connectivity index (χ3n) is 2.94. The van der Waals surface area contributed by atoms with Crippen molar-refractivity contribution >= 4 is 27.3 Å². The minimum absolute atomic E-state index is 0.0577. The van der Waals surface area contributed by atoms with Gasteiger partial charge in [-0.05, 0) is 13.0 Å². The summed E-state index contributed by atoms with van der Waals surface area (Å²) in [6.07, 6.45) is 0.670. The Morgan fingerprint density at radius 2 is 2.00 bits per heavy atom. The monoisotopic (exact) mass is 336 g/mol. The molecule has 0 aromatic heterocycles. The van der Waals surface area contributed by atoms with Gasteiger partial charge in [-0.2, -0.15) is 0 Å². The van der Waals surface area contributed by atoms with E-state index in [2.05, 4.69) is 4.72 Å². The number of benzene rings is 1. The smallest absolute Gasteiger partial charge is 0.275 e. The van der Waals surface area contributed by atoms with E-state index in [1.165, 1.54) is 17.9 Å². The maximum atomic E-state index is 12.1. The highest BCUT2D eigenvalue weighted by molar-refractivity contribution is 7.89. The average molecular weight is 337 g/mol. The van der Waals surface area contributed by atoms with Crippen LogP contribution in [0, 0.1) is 17.0 Å². The van der Waals surface area contributed by atoms with Gasteiger partial charge < -0.3 is 4.90 Å². The van der Waals surface area contributed by atoms with Crippen molar-refractivity contribution in [1.29, 1.82) is 0 Å². The molecule has 0 fully saturated rings. The summed E-state index contributed by atoms with van der Waals surface area (Å²) in [5.74, 6) is 0. The number of rotatable bonds is 7. The molecule has 0 aliphatic heterocycles. The number of sulfonamides is 1. The van der Waals surface area contributed by atoms with Gasteiger partial charge in [0.2, 0.25) is 10.0 Å². The van der Waals surface area contributed by atoms with Gasteiger partial charge in [0.25, 0.3) is 5.69 Å². The van der Waals surface area contributed by atoms with Crippen LogP contribution in [-0.2, 0) is 10.0 Å². The van der Waals surface area contributed by atoms with Crippen LogP contribution in [0.5, 0.6) is 0 Å². The Labute approximate surface area is 129 Å². The fraction of sp³-hybridized carbons (Fsp3) is 0.500. The first-order chi connectivity index (χ1) is 9.65. The van der Waals surface area contributed by atoms with Crippen LogP contribution in [0.4, 0.5) is 5.69 Å². The molecular formula is C12H19ClN3O4S+. The number of quaternary nitrogens is 1. The second kappa shape index (κ2) is 7.17. The van der Waals surface area contributed by atoms with Crippen molar-refractivity contribution in [2.24, 2.45) is 0 Å². The molecule has 9 heteroatoms. The zero-order valence-electron chi connectivity index (χ0n) is 12.1. The number of hydrogen-bond acceptors (Lipinski definition) is 4. The largest absolute Gasteiger partial charge is 0.340 e. The fourth-order valence-electron chi connectivity index (χ4n) is 1.72. The van der Waals surface area contributed by atoms with Gasteiger partial charge in [-0.3, -0.25) is 10.1 Å². The minimum atomic E-state index is -3.80. The van der Waals surface area contributed by atoms with E-state index in [1.54, 1.807) is 0 Å². The second-order valence-electron chi connectivity index (χ2n) is 5.01. The Morgan fingerprint density at radius 3 is 2.52 bits per heavy atom. The van der Waals surface area contributed by atoms with Gasteiger partial charge >= 0.3 is 0 Å². The van der Waals surface area contributed by atoms with Gasteiger partial charge in [-0.25, -0.2) is 13.1 Å². The first-order valence-corrected chi connectivity index (χ1v) is 8.24. The molecule has 0 amide bonds. The van der Waals surface area contributed by atoms with E-state index >= 15 is 0 Å². The Morgan fingerprint density at radius 1 is 1.38 bits per heavy atom. The molecule has 1 aromatic rings. The van der Waals surface area contributed by atoms with E-state index in [0.29, 0.717) is 6.42 Å². The topological polar surface area (TPSA) is 93.8 Å². The number of nitro groups is 1. The molecule has 7 nitrogen and oxygen atoms in total. The van der Waals surface area contributed by atoms with Crippen molar-refractivity contribution in [3.63, 3.8) is 0 Å². The summed E-state index contributed by atoms with van der Waals surface area (Å²) >= 11 is 5.87. The van der Waals surface area contributed by atoms with Crippen LogP contribution in [-0.4, -0.2) is 40.5 Å². The minimum Gasteiger partial charge on any atom is -0.340 e. The predicted octanol–water partition coefficient (Wildman–Crippen LogP) is 0.370. The van der Waals surface area contributed by atoms with E-state index in [-0.39, 0.29) is 27.7 Å². The number of nitro benzene ring substituents is 1. The van der Waals surface area contributed by atoms with Gasteiger partial charge in [0.05, 0.1) is 35.5 Å². The summed E-state index contributed by atoms with van der Waals surface area (Å²) < 4.78 is 26.7. The summed E-state index contributed by atoms with van der Waals surface area (Å²) in [4.78, 5) is 11.3. The average Bonchev–Trinajstić information content (AvgIpc) is 2.37. The van der Waals surface area contributed by atoms with E-state index in [1.807, 2.05) is 14.1 Å². The highest BCUT2D eigenvalue weighted by Crippen LogP contribution is 2.29. The third-order valence-corrected chi connectivity index (χ3v) is 4.78. The molecule has 1 aromatic carbocycles. The summed E-state index contributed by atoms with van der Waals surface area (Å²) in [7, 11) is 0.138. The van der Waals surface area contributed by atoms with Crippen molar-refractivity contribution in [1.82, 2.24) is 4.72 Å². The molecule has 0 radical (unpaired) electrons. The number of nitrogens with zero attached hydrogens (tertiary/aromatic N) is 1. The SMILES string of the molecule is Cc1c(Cl)cc(S(=O)(=O)NCCC[NH+](C)C)cc1[N+](=O)[O-]. The van der Waals surface area contributed by atoms with Gasteiger partial charge in [-0.1, -0.05) is 11.6 Å². The zero-order valence-corrected chi connectivity index (χ0v) is 13.7. The van der Waals surface area contributed by atoms with Gasteiger partial charge in [0.15, 0.2) is 0 Å². The van der Waals surface area contributed by atoms with E-state index in [9.17, 15) is 18.5 Å². The van der Waals surface area contributed by atoms with E-state index in [0.717, 1.165) is 12.6 Å². The maximum absolute atomic E-state index is 12.1. The Hall–Kier alpha value is -1.22. The number of halogens is 1. The maximum Gasteiger partial charge on any atom is 0.275 e. The molecule has 0 heterocycles. The van der Waals surface area contributed by atoms with Crippen molar-refractivity contribution in [3.05, 3.63) is 32.8 Å². The van der Waals surface area contributed by atoms with Gasteiger partial charge in [-0.15, -0.1) is 0 Å². The second-order valence-corrected chi connectivity index (χ2v) is 7.19. The molecule has 2 N–H and O–H groups in total. The van der Waals surface area contributed by atoms with Gasteiger partial charge in [0.1, 0.15) is 0 Å². The van der Waals surface area contributed by atoms with E-state index < -0.39 is 14.9 Å². The first kappa shape index (κ1) is 17.8. The normalized spacial score (nSPS) is 11.9. The molecule has 0 bridgehead atoms. The molecule has 0 aliphatic rings. The lowest BCUT2D eigenvalue weighted by Gasteiger charge is -2.10. The molecule has 0 unspecified atom stereocenters. The van der Waals surface area contributed by atoms with Crippen molar-refractivity contribution in [2.75, 3.05) is 27.2 Å². The van der Waals surface area contributed by atoms with Gasteiger partial charge in [0, 0.05) is 24.6 Å². The van der Waals surface area contributed by atoms with Crippen LogP contribution in [0.15, 0.2) is 17.0 Å². The summed E-state index contributed by atoms with van der Waals surface area (Å²) in [6, 6.07) is 2.25. The van der Waals surface area contributed by atoms with Crippen LogP contribution in [0.1, 0.15) is 12.0 Å². The number of nitrogens with one attached hydrogen (secondary N) is 2. The highest BCUT2D eigenvalue weighted by Gasteiger charge is 2.22. The Kier molecular flexibility index (Phi) is 6.09. The molecular weight excluding hydrogens is 318 g/mol. The number of hydrogen-bond donors (Lipinski definition) is 2. The molecule has 0 spiro atoms. The summed E-state index contributed by atoms with van der Waals surface area (Å²) in [5, 5.41) is 11.0. The fourth-order valence-corrected chi connectivity index (χ4v) is 3.12. The molecule has 0 saturated carbocycles. The van der Waals surface area contributed by atoms with Crippen molar-refractivity contribution in [3.8, 4) is 0 Å². The van der Waals surface area contributed by atoms with Crippen LogP contribution in [0.3, 0.4) is 0 Å². The zero-order chi connectivity index (χ0) is 16.2. The molecule has 0 aliphatic carbocycles. The molecule has 0 atom stereocenters. The van der Waals surface area contributed by atoms with Crippen LogP contribution in [0.2, 0.25) is 5.02 Å². The van der Waals surface area contributed by atoms with Crippen LogP contribution < -0.4 is 9.62 Å². The van der Waals surface area contributed by atoms with Crippen molar-refractivity contribution in [2.45, 2.75) is 18.2 Å². The Bertz CT molecular complexity index is 632. The third kappa shape index (κ3) is 4.92. The quantitative estimate of drug-likeness (QED) is 0.427. The van der Waals surface area contributed by atoms with Crippen LogP contribution >= 0.6 is 11.6 Å². The lowest BCUT2D eigenvalue weighted by molar-refractivity contribution is -0.858. The lowest BCUT2D eigenvalue weighted by atomic mass is 10.2. The predicted molar refractivity (Wildman–Crippen MR) is 80.3 cm³/mol. The van der Waals surface area contributed by atoms with Crippen LogP contribution in [0.25, 0.3) is 0 Å². The van der Waals surface area contributed by atoms with Crippen molar-refractivity contribution < 1.29 is 18.2 Å². The molecule has 118 valence electrons. The highest BCUT2D eigenvalue weighted by atomic mass is 35.5. The first-order valence-electron chi connectivity index (χ1n) is 6.38. The molecule has 0 saturated heterocycles. The standard InChI is InChI=1S/C12H18ClN3O4S/c1-9-11(13)7-10(8-12(9)16(17)18)21(19,20)14-5-4-6-15(2)3/h7-8,14H,4-6H2,1-3H3/p+1. The summed E-state index contributed by atoms with van der Waals surface area (Å²) in [5.41, 5.74) is -0.0579. The molecule has 21 heavy (non-hydrogen) atoms.